The average molecular weight is 387 g/mol. The fourth-order valence-electron chi connectivity index (χ4n) is 3.67. The van der Waals surface area contributed by atoms with E-state index in [0.717, 1.165) is 17.5 Å². The zero-order valence-corrected chi connectivity index (χ0v) is 17.7. The Morgan fingerprint density at radius 2 is 1.38 bits per heavy atom. The summed E-state index contributed by atoms with van der Waals surface area (Å²) < 4.78 is 5.28. The largest absolute Gasteiger partial charge is 0.458 e. The highest BCUT2D eigenvalue weighted by Crippen LogP contribution is 2.33. The molecule has 0 radical (unpaired) electrons. The molecule has 3 aromatic rings. The van der Waals surface area contributed by atoms with Crippen LogP contribution in [-0.4, -0.2) is 5.97 Å². The summed E-state index contributed by atoms with van der Waals surface area (Å²) in [6, 6.07) is 25.8. The van der Waals surface area contributed by atoms with Gasteiger partial charge in [-0.2, -0.15) is 0 Å². The first-order chi connectivity index (χ1) is 14.1. The fourth-order valence-corrected chi connectivity index (χ4v) is 3.67. The molecular weight excluding hydrogens is 356 g/mol. The number of benzene rings is 3. The van der Waals surface area contributed by atoms with Gasteiger partial charge in [0.2, 0.25) is 0 Å². The molecule has 0 bridgehead atoms. The van der Waals surface area contributed by atoms with Gasteiger partial charge in [-0.25, -0.2) is 0 Å². The van der Waals surface area contributed by atoms with E-state index < -0.39 is 0 Å². The molecule has 29 heavy (non-hydrogen) atoms. The summed E-state index contributed by atoms with van der Waals surface area (Å²) in [6.07, 6.45) is 4.71. The van der Waals surface area contributed by atoms with Gasteiger partial charge in [-0.05, 0) is 53.1 Å². The van der Waals surface area contributed by atoms with Gasteiger partial charge in [0.1, 0.15) is 6.10 Å². The van der Waals surface area contributed by atoms with Crippen LogP contribution in [0.25, 0.3) is 22.3 Å². The normalized spacial score (nSPS) is 11.8. The minimum Gasteiger partial charge on any atom is -0.458 e. The highest BCUT2D eigenvalue weighted by molar-refractivity contribution is 5.83. The highest BCUT2D eigenvalue weighted by atomic mass is 16.5. The van der Waals surface area contributed by atoms with E-state index in [-0.39, 0.29) is 12.1 Å². The molecule has 1 unspecified atom stereocenters. The Bertz CT molecular complexity index is 924. The van der Waals surface area contributed by atoms with Crippen molar-refractivity contribution in [1.82, 2.24) is 0 Å². The van der Waals surface area contributed by atoms with E-state index >= 15 is 0 Å². The van der Waals surface area contributed by atoms with Crippen molar-refractivity contribution < 1.29 is 9.53 Å². The van der Waals surface area contributed by atoms with Gasteiger partial charge in [0.15, 0.2) is 0 Å². The second-order valence-electron chi connectivity index (χ2n) is 7.57. The third kappa shape index (κ3) is 5.57. The molecule has 3 rings (SSSR count). The lowest BCUT2D eigenvalue weighted by Crippen LogP contribution is -2.04. The molecule has 0 aliphatic rings. The standard InChI is InChI=1S/C27H30O2/c1-4-5-6-9-22-12-14-24(15-13-22)26-10-7-8-11-27(26)25-18-16-23(17-19-25)20(2)29-21(3)28/h7-8,10-20H,4-6,9H2,1-3H3. The Balaban J connectivity index is 1.83. The number of hydrogen-bond donors (Lipinski definition) is 0. The number of ether oxygens (including phenoxy) is 1. The van der Waals surface area contributed by atoms with E-state index in [1.807, 2.05) is 19.1 Å². The molecule has 0 aliphatic carbocycles. The summed E-state index contributed by atoms with van der Waals surface area (Å²) in [5.74, 6) is -0.259. The molecule has 0 heterocycles. The highest BCUT2D eigenvalue weighted by Gasteiger charge is 2.11. The molecule has 0 spiro atoms. The van der Waals surface area contributed by atoms with Crippen LogP contribution in [0.15, 0.2) is 72.8 Å². The quantitative estimate of drug-likeness (QED) is 0.298. The van der Waals surface area contributed by atoms with E-state index in [9.17, 15) is 4.79 Å². The van der Waals surface area contributed by atoms with E-state index in [1.165, 1.54) is 48.4 Å². The maximum absolute atomic E-state index is 11.2. The number of unbranched alkanes of at least 4 members (excludes halogenated alkanes) is 2. The lowest BCUT2D eigenvalue weighted by Gasteiger charge is -2.14. The Morgan fingerprint density at radius 1 is 0.828 bits per heavy atom. The van der Waals surface area contributed by atoms with E-state index in [2.05, 4.69) is 67.6 Å². The summed E-state index contributed by atoms with van der Waals surface area (Å²) in [6.45, 7) is 5.58. The van der Waals surface area contributed by atoms with Crippen molar-refractivity contribution in [1.29, 1.82) is 0 Å². The molecule has 2 nitrogen and oxygen atoms in total. The summed E-state index contributed by atoms with van der Waals surface area (Å²) >= 11 is 0. The van der Waals surface area contributed by atoms with Crippen LogP contribution in [-0.2, 0) is 16.0 Å². The molecule has 0 fully saturated rings. The van der Waals surface area contributed by atoms with E-state index in [4.69, 9.17) is 4.74 Å². The Labute approximate surface area is 174 Å². The first kappa shape index (κ1) is 20.9. The predicted octanol–water partition coefficient (Wildman–Crippen LogP) is 7.38. The second-order valence-corrected chi connectivity index (χ2v) is 7.57. The van der Waals surface area contributed by atoms with Gasteiger partial charge in [0.25, 0.3) is 0 Å². The second kappa shape index (κ2) is 10.1. The van der Waals surface area contributed by atoms with Crippen LogP contribution >= 0.6 is 0 Å². The summed E-state index contributed by atoms with van der Waals surface area (Å²) in [4.78, 5) is 11.2. The molecule has 0 amide bonds. The van der Waals surface area contributed by atoms with Crippen LogP contribution in [0, 0.1) is 0 Å². The number of carbonyl (C=O) groups is 1. The van der Waals surface area contributed by atoms with Crippen LogP contribution in [0.3, 0.4) is 0 Å². The lowest BCUT2D eigenvalue weighted by molar-refractivity contribution is -0.145. The summed E-state index contributed by atoms with van der Waals surface area (Å²) in [5.41, 5.74) is 7.23. The van der Waals surface area contributed by atoms with Crippen LogP contribution < -0.4 is 0 Å². The molecule has 0 N–H and O–H groups in total. The Kier molecular flexibility index (Phi) is 7.24. The van der Waals surface area contributed by atoms with Gasteiger partial charge >= 0.3 is 5.97 Å². The van der Waals surface area contributed by atoms with Gasteiger partial charge in [0.05, 0.1) is 0 Å². The van der Waals surface area contributed by atoms with Crippen molar-refractivity contribution >= 4 is 5.97 Å². The number of aryl methyl sites for hydroxylation is 1. The fraction of sp³-hybridized carbons (Fsp3) is 0.296. The van der Waals surface area contributed by atoms with Crippen molar-refractivity contribution in [3.8, 4) is 22.3 Å². The molecule has 1 atom stereocenters. The maximum Gasteiger partial charge on any atom is 0.303 e. The maximum atomic E-state index is 11.2. The molecule has 0 aromatic heterocycles. The molecule has 2 heteroatoms. The van der Waals surface area contributed by atoms with Crippen LogP contribution in [0.2, 0.25) is 0 Å². The van der Waals surface area contributed by atoms with Gasteiger partial charge in [-0.15, -0.1) is 0 Å². The predicted molar refractivity (Wildman–Crippen MR) is 121 cm³/mol. The zero-order valence-electron chi connectivity index (χ0n) is 17.7. The van der Waals surface area contributed by atoms with Crippen molar-refractivity contribution in [2.45, 2.75) is 52.6 Å². The van der Waals surface area contributed by atoms with E-state index in [0.29, 0.717) is 0 Å². The average Bonchev–Trinajstić information content (AvgIpc) is 2.74. The third-order valence-electron chi connectivity index (χ3n) is 5.29. The van der Waals surface area contributed by atoms with Crippen molar-refractivity contribution in [3.05, 3.63) is 83.9 Å². The molecule has 0 aliphatic heterocycles. The molecule has 3 aromatic carbocycles. The van der Waals surface area contributed by atoms with Crippen LogP contribution in [0.5, 0.6) is 0 Å². The van der Waals surface area contributed by atoms with Crippen LogP contribution in [0.4, 0.5) is 0 Å². The van der Waals surface area contributed by atoms with Crippen molar-refractivity contribution in [2.24, 2.45) is 0 Å². The lowest BCUT2D eigenvalue weighted by atomic mass is 9.93. The summed E-state index contributed by atoms with van der Waals surface area (Å²) in [7, 11) is 0. The topological polar surface area (TPSA) is 26.3 Å². The first-order valence-electron chi connectivity index (χ1n) is 10.5. The minimum absolute atomic E-state index is 0.239. The monoisotopic (exact) mass is 386 g/mol. The molecule has 0 saturated heterocycles. The van der Waals surface area contributed by atoms with Gasteiger partial charge in [0, 0.05) is 6.92 Å². The Hall–Kier alpha value is -2.87. The number of esters is 1. The van der Waals surface area contributed by atoms with Gasteiger partial charge in [-0.1, -0.05) is 92.6 Å². The van der Waals surface area contributed by atoms with E-state index in [1.54, 1.807) is 0 Å². The number of hydrogen-bond acceptors (Lipinski definition) is 2. The smallest absolute Gasteiger partial charge is 0.303 e. The first-order valence-corrected chi connectivity index (χ1v) is 10.5. The van der Waals surface area contributed by atoms with Gasteiger partial charge in [-0.3, -0.25) is 4.79 Å². The van der Waals surface area contributed by atoms with Crippen molar-refractivity contribution in [2.75, 3.05) is 0 Å². The zero-order chi connectivity index (χ0) is 20.6. The molecule has 150 valence electrons. The van der Waals surface area contributed by atoms with Crippen molar-refractivity contribution in [3.63, 3.8) is 0 Å². The van der Waals surface area contributed by atoms with Gasteiger partial charge < -0.3 is 4.74 Å². The number of rotatable bonds is 8. The summed E-state index contributed by atoms with van der Waals surface area (Å²) in [5, 5.41) is 0. The molecule has 0 saturated carbocycles. The minimum atomic E-state index is -0.259. The molecular formula is C27H30O2. The third-order valence-corrected chi connectivity index (χ3v) is 5.29. The van der Waals surface area contributed by atoms with Crippen LogP contribution in [0.1, 0.15) is 57.3 Å². The Morgan fingerprint density at radius 3 is 1.90 bits per heavy atom. The SMILES string of the molecule is CCCCCc1ccc(-c2ccccc2-c2ccc(C(C)OC(C)=O)cc2)cc1. The number of carbonyl (C=O) groups excluding carboxylic acids is 1.